The predicted octanol–water partition coefficient (Wildman–Crippen LogP) is 1.23. The summed E-state index contributed by atoms with van der Waals surface area (Å²) in [5.41, 5.74) is 1.01. The topological polar surface area (TPSA) is 83.6 Å². The average molecular weight is 240 g/mol. The molecule has 1 amide bonds. The molecule has 17 heavy (non-hydrogen) atoms. The molecule has 0 bridgehead atoms. The van der Waals surface area contributed by atoms with Gasteiger partial charge in [0.2, 0.25) is 0 Å². The third kappa shape index (κ3) is 3.30. The highest BCUT2D eigenvalue weighted by molar-refractivity contribution is 5.93. The lowest BCUT2D eigenvalue weighted by molar-refractivity contribution is -0.137. The molecular formula is C11H16N2O4. The number of aryl methyl sites for hydroxylation is 1. The lowest BCUT2D eigenvalue weighted by Gasteiger charge is -2.15. The number of aliphatic carboxylic acids is 1. The Morgan fingerprint density at radius 1 is 1.41 bits per heavy atom. The summed E-state index contributed by atoms with van der Waals surface area (Å²) in [5, 5.41) is 12.2. The number of carbonyl (C=O) groups is 2. The number of aromatic nitrogens is 1. The van der Waals surface area contributed by atoms with Crippen molar-refractivity contribution in [2.75, 3.05) is 13.6 Å². The van der Waals surface area contributed by atoms with Crippen molar-refractivity contribution in [3.8, 4) is 0 Å². The fraction of sp³-hybridized carbons (Fsp3) is 0.545. The Kier molecular flexibility index (Phi) is 4.25. The Hall–Kier alpha value is -1.85. The van der Waals surface area contributed by atoms with Gasteiger partial charge in [0.15, 0.2) is 5.69 Å². The van der Waals surface area contributed by atoms with Crippen LogP contribution in [0.5, 0.6) is 0 Å². The van der Waals surface area contributed by atoms with Crippen LogP contribution in [0.2, 0.25) is 0 Å². The number of rotatable bonds is 5. The molecule has 0 atom stereocenters. The lowest BCUT2D eigenvalue weighted by atomic mass is 10.2. The van der Waals surface area contributed by atoms with Crippen LogP contribution in [0.15, 0.2) is 4.52 Å². The third-order valence-electron chi connectivity index (χ3n) is 2.59. The van der Waals surface area contributed by atoms with E-state index in [0.717, 1.165) is 5.56 Å². The van der Waals surface area contributed by atoms with Gasteiger partial charge < -0.3 is 14.5 Å². The van der Waals surface area contributed by atoms with Crippen molar-refractivity contribution >= 4 is 11.9 Å². The molecule has 1 aromatic rings. The summed E-state index contributed by atoms with van der Waals surface area (Å²) < 4.78 is 4.92. The van der Waals surface area contributed by atoms with Crippen LogP contribution in [-0.4, -0.2) is 40.6 Å². The number of nitrogens with zero attached hydrogens (tertiary/aromatic N) is 2. The molecule has 0 aliphatic carbocycles. The summed E-state index contributed by atoms with van der Waals surface area (Å²) in [6, 6.07) is 0. The zero-order valence-corrected chi connectivity index (χ0v) is 10.2. The van der Waals surface area contributed by atoms with Crippen LogP contribution < -0.4 is 0 Å². The number of hydrogen-bond donors (Lipinski definition) is 1. The average Bonchev–Trinajstić information content (AvgIpc) is 2.58. The van der Waals surface area contributed by atoms with Crippen LogP contribution in [0, 0.1) is 13.8 Å². The van der Waals surface area contributed by atoms with Crippen LogP contribution >= 0.6 is 0 Å². The summed E-state index contributed by atoms with van der Waals surface area (Å²) in [4.78, 5) is 23.7. The van der Waals surface area contributed by atoms with Crippen molar-refractivity contribution in [1.29, 1.82) is 0 Å². The van der Waals surface area contributed by atoms with Crippen LogP contribution in [0.4, 0.5) is 0 Å². The zero-order valence-electron chi connectivity index (χ0n) is 10.2. The van der Waals surface area contributed by atoms with Crippen molar-refractivity contribution in [2.24, 2.45) is 0 Å². The van der Waals surface area contributed by atoms with Crippen molar-refractivity contribution in [3.05, 3.63) is 17.0 Å². The first-order chi connectivity index (χ1) is 7.93. The van der Waals surface area contributed by atoms with E-state index >= 15 is 0 Å². The maximum absolute atomic E-state index is 11.9. The smallest absolute Gasteiger partial charge is 0.303 e. The summed E-state index contributed by atoms with van der Waals surface area (Å²) in [7, 11) is 1.62. The Labute approximate surface area is 99.2 Å². The summed E-state index contributed by atoms with van der Waals surface area (Å²) >= 11 is 0. The molecule has 1 heterocycles. The number of carboxylic acids is 1. The standard InChI is InChI=1S/C11H16N2O4/c1-7-8(2)17-12-10(7)11(16)13(3)6-4-5-9(14)15/h4-6H2,1-3H3,(H,14,15). The van der Waals surface area contributed by atoms with E-state index < -0.39 is 5.97 Å². The molecule has 0 aliphatic rings. The second-order valence-corrected chi connectivity index (χ2v) is 3.94. The van der Waals surface area contributed by atoms with Gasteiger partial charge in [-0.2, -0.15) is 0 Å². The molecule has 94 valence electrons. The Morgan fingerprint density at radius 2 is 2.06 bits per heavy atom. The van der Waals surface area contributed by atoms with E-state index in [0.29, 0.717) is 24.4 Å². The maximum atomic E-state index is 11.9. The Morgan fingerprint density at radius 3 is 2.53 bits per heavy atom. The third-order valence-corrected chi connectivity index (χ3v) is 2.59. The van der Waals surface area contributed by atoms with Gasteiger partial charge in [0.05, 0.1) is 0 Å². The van der Waals surface area contributed by atoms with Gasteiger partial charge in [0, 0.05) is 25.6 Å². The van der Waals surface area contributed by atoms with Gasteiger partial charge in [-0.1, -0.05) is 5.16 Å². The second kappa shape index (κ2) is 5.47. The molecular weight excluding hydrogens is 224 g/mol. The molecule has 1 rings (SSSR count). The number of carbonyl (C=O) groups excluding carboxylic acids is 1. The van der Waals surface area contributed by atoms with Gasteiger partial charge in [0.1, 0.15) is 5.76 Å². The fourth-order valence-corrected chi connectivity index (χ4v) is 1.37. The quantitative estimate of drug-likeness (QED) is 0.836. The largest absolute Gasteiger partial charge is 0.481 e. The van der Waals surface area contributed by atoms with Crippen molar-refractivity contribution < 1.29 is 19.2 Å². The van der Waals surface area contributed by atoms with Gasteiger partial charge in [-0.3, -0.25) is 9.59 Å². The molecule has 1 aromatic heterocycles. The summed E-state index contributed by atoms with van der Waals surface area (Å²) in [6.07, 6.45) is 0.474. The molecule has 0 radical (unpaired) electrons. The first kappa shape index (κ1) is 13.2. The van der Waals surface area contributed by atoms with Gasteiger partial charge in [0.25, 0.3) is 5.91 Å². The molecule has 0 aliphatic heterocycles. The van der Waals surface area contributed by atoms with Crippen molar-refractivity contribution in [1.82, 2.24) is 10.1 Å². The van der Waals surface area contributed by atoms with E-state index in [2.05, 4.69) is 5.16 Å². The molecule has 0 saturated carbocycles. The van der Waals surface area contributed by atoms with Crippen molar-refractivity contribution in [3.63, 3.8) is 0 Å². The molecule has 6 heteroatoms. The first-order valence-electron chi connectivity index (χ1n) is 5.33. The fourth-order valence-electron chi connectivity index (χ4n) is 1.37. The minimum Gasteiger partial charge on any atom is -0.481 e. The van der Waals surface area contributed by atoms with Gasteiger partial charge in [-0.05, 0) is 20.3 Å². The molecule has 0 spiro atoms. The summed E-state index contributed by atoms with van der Waals surface area (Å²) in [6.45, 7) is 3.89. The molecule has 6 nitrogen and oxygen atoms in total. The Bertz CT molecular complexity index is 425. The SMILES string of the molecule is Cc1onc(C(=O)N(C)CCCC(=O)O)c1C. The number of carboxylic acid groups (broad SMARTS) is 1. The van der Waals surface area contributed by atoms with E-state index in [-0.39, 0.29) is 12.3 Å². The van der Waals surface area contributed by atoms with Crippen LogP contribution in [0.1, 0.15) is 34.7 Å². The highest BCUT2D eigenvalue weighted by atomic mass is 16.5. The second-order valence-electron chi connectivity index (χ2n) is 3.94. The van der Waals surface area contributed by atoms with Crippen LogP contribution in [0.25, 0.3) is 0 Å². The molecule has 1 N–H and O–H groups in total. The minimum atomic E-state index is -0.862. The van der Waals surface area contributed by atoms with E-state index in [1.165, 1.54) is 4.90 Å². The lowest BCUT2D eigenvalue weighted by Crippen LogP contribution is -2.28. The minimum absolute atomic E-state index is 0.0500. The number of amides is 1. The number of hydrogen-bond acceptors (Lipinski definition) is 4. The van der Waals surface area contributed by atoms with E-state index in [1.807, 2.05) is 0 Å². The molecule has 0 unspecified atom stereocenters. The van der Waals surface area contributed by atoms with E-state index in [9.17, 15) is 9.59 Å². The Balaban J connectivity index is 2.58. The van der Waals surface area contributed by atoms with Crippen LogP contribution in [0.3, 0.4) is 0 Å². The van der Waals surface area contributed by atoms with Gasteiger partial charge >= 0.3 is 5.97 Å². The monoisotopic (exact) mass is 240 g/mol. The van der Waals surface area contributed by atoms with Crippen LogP contribution in [-0.2, 0) is 4.79 Å². The summed E-state index contributed by atoms with van der Waals surface area (Å²) in [5.74, 6) is -0.490. The predicted molar refractivity (Wildman–Crippen MR) is 59.8 cm³/mol. The van der Waals surface area contributed by atoms with E-state index in [4.69, 9.17) is 9.63 Å². The van der Waals surface area contributed by atoms with Crippen molar-refractivity contribution in [2.45, 2.75) is 26.7 Å². The maximum Gasteiger partial charge on any atom is 0.303 e. The van der Waals surface area contributed by atoms with Gasteiger partial charge in [-0.25, -0.2) is 0 Å². The normalized spacial score (nSPS) is 10.3. The molecule has 0 aromatic carbocycles. The van der Waals surface area contributed by atoms with Gasteiger partial charge in [-0.15, -0.1) is 0 Å². The highest BCUT2D eigenvalue weighted by Gasteiger charge is 2.19. The van der Waals surface area contributed by atoms with E-state index in [1.54, 1.807) is 20.9 Å². The zero-order chi connectivity index (χ0) is 13.0. The molecule has 0 fully saturated rings. The molecule has 0 saturated heterocycles. The highest BCUT2D eigenvalue weighted by Crippen LogP contribution is 2.13. The first-order valence-corrected chi connectivity index (χ1v) is 5.33.